The van der Waals surface area contributed by atoms with E-state index in [0.29, 0.717) is 12.8 Å². The molecule has 3 heteroatoms. The van der Waals surface area contributed by atoms with Gasteiger partial charge in [-0.25, -0.2) is 8.78 Å². The van der Waals surface area contributed by atoms with E-state index in [1.165, 1.54) is 0 Å². The molecule has 0 aromatic rings. The molecule has 0 amide bonds. The predicted octanol–water partition coefficient (Wildman–Crippen LogP) is 1.80. The zero-order chi connectivity index (χ0) is 7.83. The third-order valence-corrected chi connectivity index (χ3v) is 2.54. The van der Waals surface area contributed by atoms with Crippen molar-refractivity contribution in [2.75, 3.05) is 6.61 Å². The SMILES string of the molecule is CC(F)(F)C1(CO)CCC1. The highest BCUT2D eigenvalue weighted by atomic mass is 19.3. The smallest absolute Gasteiger partial charge is 0.253 e. The van der Waals surface area contributed by atoms with Crippen molar-refractivity contribution in [2.24, 2.45) is 5.41 Å². The standard InChI is InChI=1S/C7H12F2O/c1-6(8,9)7(5-10)3-2-4-7/h10H,2-5H2,1H3. The third-order valence-electron chi connectivity index (χ3n) is 2.54. The molecule has 0 saturated heterocycles. The Morgan fingerprint density at radius 3 is 2.00 bits per heavy atom. The molecule has 0 aliphatic heterocycles. The van der Waals surface area contributed by atoms with Crippen LogP contribution in [0.25, 0.3) is 0 Å². The Morgan fingerprint density at radius 1 is 1.50 bits per heavy atom. The molecule has 1 rings (SSSR count). The fraction of sp³-hybridized carbons (Fsp3) is 1.00. The summed E-state index contributed by atoms with van der Waals surface area (Å²) in [5.41, 5.74) is -1.08. The second kappa shape index (κ2) is 2.16. The Balaban J connectivity index is 2.65. The summed E-state index contributed by atoms with van der Waals surface area (Å²) < 4.78 is 25.3. The maximum atomic E-state index is 12.7. The Morgan fingerprint density at radius 2 is 2.00 bits per heavy atom. The average molecular weight is 150 g/mol. The van der Waals surface area contributed by atoms with Crippen molar-refractivity contribution in [1.29, 1.82) is 0 Å². The molecule has 1 fully saturated rings. The van der Waals surface area contributed by atoms with Gasteiger partial charge in [-0.3, -0.25) is 0 Å². The van der Waals surface area contributed by atoms with E-state index in [1.54, 1.807) is 0 Å². The maximum Gasteiger partial charge on any atom is 0.253 e. The molecular weight excluding hydrogens is 138 g/mol. The van der Waals surface area contributed by atoms with E-state index in [1.807, 2.05) is 0 Å². The first-order valence-corrected chi connectivity index (χ1v) is 3.50. The van der Waals surface area contributed by atoms with Crippen LogP contribution in [0.4, 0.5) is 8.78 Å². The van der Waals surface area contributed by atoms with E-state index in [9.17, 15) is 8.78 Å². The fourth-order valence-electron chi connectivity index (χ4n) is 1.34. The minimum atomic E-state index is -2.71. The van der Waals surface area contributed by atoms with Crippen molar-refractivity contribution in [3.05, 3.63) is 0 Å². The van der Waals surface area contributed by atoms with E-state index < -0.39 is 11.3 Å². The zero-order valence-electron chi connectivity index (χ0n) is 6.03. The van der Waals surface area contributed by atoms with Crippen LogP contribution in [0.15, 0.2) is 0 Å². The summed E-state index contributed by atoms with van der Waals surface area (Å²) in [6, 6.07) is 0. The molecule has 0 spiro atoms. The summed E-state index contributed by atoms with van der Waals surface area (Å²) in [4.78, 5) is 0. The van der Waals surface area contributed by atoms with Crippen molar-refractivity contribution >= 4 is 0 Å². The van der Waals surface area contributed by atoms with Crippen LogP contribution in [-0.4, -0.2) is 17.6 Å². The molecule has 10 heavy (non-hydrogen) atoms. The molecular formula is C7H12F2O. The van der Waals surface area contributed by atoms with Crippen molar-refractivity contribution < 1.29 is 13.9 Å². The van der Waals surface area contributed by atoms with Gasteiger partial charge in [0.05, 0.1) is 12.0 Å². The third kappa shape index (κ3) is 0.926. The van der Waals surface area contributed by atoms with Gasteiger partial charge in [-0.15, -0.1) is 0 Å². The van der Waals surface area contributed by atoms with E-state index in [4.69, 9.17) is 5.11 Å². The van der Waals surface area contributed by atoms with E-state index in [2.05, 4.69) is 0 Å². The topological polar surface area (TPSA) is 20.2 Å². The molecule has 0 bridgehead atoms. The van der Waals surface area contributed by atoms with Gasteiger partial charge >= 0.3 is 0 Å². The summed E-state index contributed by atoms with van der Waals surface area (Å²) >= 11 is 0. The highest BCUT2D eigenvalue weighted by Crippen LogP contribution is 2.51. The number of hydrogen-bond acceptors (Lipinski definition) is 1. The normalized spacial score (nSPS) is 24.0. The van der Waals surface area contributed by atoms with Gasteiger partial charge in [0.25, 0.3) is 5.92 Å². The first-order chi connectivity index (χ1) is 4.52. The lowest BCUT2D eigenvalue weighted by Gasteiger charge is -2.44. The zero-order valence-corrected chi connectivity index (χ0v) is 6.03. The van der Waals surface area contributed by atoms with Gasteiger partial charge in [0.15, 0.2) is 0 Å². The van der Waals surface area contributed by atoms with Crippen LogP contribution in [0.1, 0.15) is 26.2 Å². The molecule has 0 heterocycles. The van der Waals surface area contributed by atoms with E-state index in [-0.39, 0.29) is 6.61 Å². The van der Waals surface area contributed by atoms with Crippen LogP contribution in [0.3, 0.4) is 0 Å². The number of alkyl halides is 2. The summed E-state index contributed by atoms with van der Waals surface area (Å²) in [5, 5.41) is 8.69. The number of hydrogen-bond donors (Lipinski definition) is 1. The Bertz CT molecular complexity index is 119. The Hall–Kier alpha value is -0.180. The summed E-state index contributed by atoms with van der Waals surface area (Å²) in [6.45, 7) is 0.513. The first kappa shape index (κ1) is 7.92. The lowest BCUT2D eigenvalue weighted by molar-refractivity contribution is -0.168. The van der Waals surface area contributed by atoms with Gasteiger partial charge in [-0.2, -0.15) is 0 Å². The number of aliphatic hydroxyl groups excluding tert-OH is 1. The molecule has 0 aromatic heterocycles. The molecule has 0 unspecified atom stereocenters. The molecule has 0 radical (unpaired) electrons. The van der Waals surface area contributed by atoms with Crippen LogP contribution in [0.2, 0.25) is 0 Å². The molecule has 1 N–H and O–H groups in total. The highest BCUT2D eigenvalue weighted by molar-refractivity contribution is 4.95. The lowest BCUT2D eigenvalue weighted by Crippen LogP contribution is -2.47. The van der Waals surface area contributed by atoms with E-state index in [0.717, 1.165) is 13.3 Å². The molecule has 60 valence electrons. The van der Waals surface area contributed by atoms with Crippen molar-refractivity contribution in [3.63, 3.8) is 0 Å². The number of aliphatic hydroxyl groups is 1. The minimum absolute atomic E-state index is 0.378. The van der Waals surface area contributed by atoms with Crippen LogP contribution in [0, 0.1) is 5.41 Å². The van der Waals surface area contributed by atoms with Gasteiger partial charge < -0.3 is 5.11 Å². The minimum Gasteiger partial charge on any atom is -0.396 e. The van der Waals surface area contributed by atoms with Gasteiger partial charge in [0.1, 0.15) is 0 Å². The van der Waals surface area contributed by atoms with E-state index >= 15 is 0 Å². The monoisotopic (exact) mass is 150 g/mol. The summed E-state index contributed by atoms with van der Waals surface area (Å²) in [5.74, 6) is -2.71. The lowest BCUT2D eigenvalue weighted by atomic mass is 9.65. The molecule has 0 aromatic carbocycles. The number of halogens is 2. The molecule has 1 nitrogen and oxygen atoms in total. The predicted molar refractivity (Wildman–Crippen MR) is 34.0 cm³/mol. The molecule has 1 aliphatic rings. The molecule has 1 saturated carbocycles. The Labute approximate surface area is 59.0 Å². The number of rotatable bonds is 2. The van der Waals surface area contributed by atoms with Gasteiger partial charge in [0, 0.05) is 0 Å². The van der Waals surface area contributed by atoms with Crippen LogP contribution in [0.5, 0.6) is 0 Å². The first-order valence-electron chi connectivity index (χ1n) is 3.50. The average Bonchev–Trinajstić information content (AvgIpc) is 1.58. The van der Waals surface area contributed by atoms with Crippen LogP contribution >= 0.6 is 0 Å². The van der Waals surface area contributed by atoms with Crippen LogP contribution < -0.4 is 0 Å². The second-order valence-electron chi connectivity index (χ2n) is 3.18. The molecule has 1 aliphatic carbocycles. The summed E-state index contributed by atoms with van der Waals surface area (Å²) in [7, 11) is 0. The quantitative estimate of drug-likeness (QED) is 0.636. The van der Waals surface area contributed by atoms with Crippen LogP contribution in [-0.2, 0) is 0 Å². The van der Waals surface area contributed by atoms with Crippen molar-refractivity contribution in [1.82, 2.24) is 0 Å². The second-order valence-corrected chi connectivity index (χ2v) is 3.18. The Kier molecular flexibility index (Phi) is 1.71. The molecule has 0 atom stereocenters. The van der Waals surface area contributed by atoms with Crippen molar-refractivity contribution in [2.45, 2.75) is 32.1 Å². The van der Waals surface area contributed by atoms with Crippen molar-refractivity contribution in [3.8, 4) is 0 Å². The van der Waals surface area contributed by atoms with Gasteiger partial charge in [-0.1, -0.05) is 6.42 Å². The van der Waals surface area contributed by atoms with Gasteiger partial charge in [-0.05, 0) is 19.8 Å². The highest BCUT2D eigenvalue weighted by Gasteiger charge is 2.53. The maximum absolute atomic E-state index is 12.7. The largest absolute Gasteiger partial charge is 0.396 e. The van der Waals surface area contributed by atoms with Gasteiger partial charge in [0.2, 0.25) is 0 Å². The fourth-order valence-corrected chi connectivity index (χ4v) is 1.34. The summed E-state index contributed by atoms with van der Waals surface area (Å²) in [6.07, 6.45) is 1.75.